The van der Waals surface area contributed by atoms with Crippen LogP contribution in [0.5, 0.6) is 5.88 Å². The van der Waals surface area contributed by atoms with E-state index in [1.54, 1.807) is 18.3 Å². The third-order valence-corrected chi connectivity index (χ3v) is 7.47. The number of hydrogen-bond acceptors (Lipinski definition) is 8. The highest BCUT2D eigenvalue weighted by molar-refractivity contribution is 7.22. The van der Waals surface area contributed by atoms with E-state index in [2.05, 4.69) is 9.97 Å². The lowest BCUT2D eigenvalue weighted by atomic mass is 10.1. The van der Waals surface area contributed by atoms with Gasteiger partial charge in [-0.3, -0.25) is 9.36 Å². The number of rotatable bonds is 7. The van der Waals surface area contributed by atoms with Crippen molar-refractivity contribution in [3.8, 4) is 22.0 Å². The van der Waals surface area contributed by atoms with Gasteiger partial charge in [0.25, 0.3) is 5.56 Å². The molecule has 0 saturated heterocycles. The van der Waals surface area contributed by atoms with Crippen LogP contribution in [-0.2, 0) is 13.1 Å². The van der Waals surface area contributed by atoms with Crippen LogP contribution in [0.1, 0.15) is 11.1 Å². The zero-order valence-corrected chi connectivity index (χ0v) is 22.1. The number of methoxy groups -OCH3 is 1. The van der Waals surface area contributed by atoms with E-state index in [4.69, 9.17) is 10.5 Å². The summed E-state index contributed by atoms with van der Waals surface area (Å²) < 4.78 is 36.8. The number of thiophene rings is 1. The van der Waals surface area contributed by atoms with Gasteiger partial charge < -0.3 is 15.4 Å². The van der Waals surface area contributed by atoms with Crippen LogP contribution >= 0.6 is 11.3 Å². The van der Waals surface area contributed by atoms with Gasteiger partial charge in [-0.05, 0) is 50.0 Å². The van der Waals surface area contributed by atoms with E-state index in [9.17, 15) is 18.4 Å². The summed E-state index contributed by atoms with van der Waals surface area (Å²) in [4.78, 5) is 39.1. The molecule has 0 fully saturated rings. The fourth-order valence-electron chi connectivity index (χ4n) is 4.34. The summed E-state index contributed by atoms with van der Waals surface area (Å²) in [6.45, 7) is -0.0822. The molecule has 5 rings (SSSR count). The van der Waals surface area contributed by atoms with Crippen LogP contribution in [0, 0.1) is 11.6 Å². The fraction of sp³-hybridized carbons (Fsp3) is 0.185. The van der Waals surface area contributed by atoms with Crippen molar-refractivity contribution >= 4 is 27.4 Å². The van der Waals surface area contributed by atoms with Gasteiger partial charge in [-0.25, -0.2) is 28.1 Å². The number of nitrogen functional groups attached to an aromatic ring is 1. The molecule has 2 N–H and O–H groups in total. The van der Waals surface area contributed by atoms with E-state index in [-0.39, 0.29) is 21.5 Å². The normalized spacial score (nSPS) is 11.4. The highest BCUT2D eigenvalue weighted by Gasteiger charge is 2.25. The molecule has 0 saturated carbocycles. The molecule has 0 bridgehead atoms. The number of hydrogen-bond donors (Lipinski definition) is 1. The molecule has 0 spiro atoms. The smallest absolute Gasteiger partial charge is 0.337 e. The van der Waals surface area contributed by atoms with Gasteiger partial charge in [0.2, 0.25) is 5.88 Å². The molecule has 5 aromatic rings. The Morgan fingerprint density at radius 3 is 2.33 bits per heavy atom. The Kier molecular flexibility index (Phi) is 6.98. The second-order valence-electron chi connectivity index (χ2n) is 9.07. The molecule has 0 aliphatic rings. The quantitative estimate of drug-likeness (QED) is 0.330. The molecule has 0 unspecified atom stereocenters. The molecule has 12 heteroatoms. The second-order valence-corrected chi connectivity index (χ2v) is 10.1. The first-order valence-electron chi connectivity index (χ1n) is 11.8. The average Bonchev–Trinajstić information content (AvgIpc) is 3.27. The summed E-state index contributed by atoms with van der Waals surface area (Å²) in [6, 6.07) is 9.97. The molecule has 4 aromatic heterocycles. The summed E-state index contributed by atoms with van der Waals surface area (Å²) in [5, 5.41) is 0.257. The number of aromatic nitrogens is 4. The molecular weight excluding hydrogens is 526 g/mol. The van der Waals surface area contributed by atoms with E-state index in [1.165, 1.54) is 47.4 Å². The lowest BCUT2D eigenvalue weighted by molar-refractivity contribution is 0.397. The van der Waals surface area contributed by atoms with Crippen molar-refractivity contribution < 1.29 is 13.5 Å². The van der Waals surface area contributed by atoms with Gasteiger partial charge in [0.1, 0.15) is 22.3 Å². The minimum Gasteiger partial charge on any atom is -0.481 e. The Labute approximate surface area is 225 Å². The number of benzene rings is 1. The number of anilines is 1. The largest absolute Gasteiger partial charge is 0.481 e. The predicted octanol–water partition coefficient (Wildman–Crippen LogP) is 3.65. The molecular formula is C27H24F2N6O3S. The van der Waals surface area contributed by atoms with Crippen molar-refractivity contribution in [2.45, 2.75) is 13.1 Å². The molecule has 4 heterocycles. The van der Waals surface area contributed by atoms with Gasteiger partial charge in [-0.15, -0.1) is 11.3 Å². The monoisotopic (exact) mass is 550 g/mol. The van der Waals surface area contributed by atoms with Crippen LogP contribution in [0.4, 0.5) is 14.6 Å². The Morgan fingerprint density at radius 1 is 1.00 bits per heavy atom. The first-order valence-corrected chi connectivity index (χ1v) is 12.6. The zero-order valence-electron chi connectivity index (χ0n) is 21.3. The Bertz CT molecular complexity index is 1770. The Balaban J connectivity index is 1.89. The highest BCUT2D eigenvalue weighted by Crippen LogP contribution is 2.38. The minimum absolute atomic E-state index is 0.188. The number of nitrogens with two attached hydrogens (primary N) is 1. The third-order valence-electron chi connectivity index (χ3n) is 6.16. The maximum atomic E-state index is 14.7. The Hall–Kier alpha value is -4.42. The van der Waals surface area contributed by atoms with Gasteiger partial charge >= 0.3 is 5.69 Å². The summed E-state index contributed by atoms with van der Waals surface area (Å²) in [7, 11) is 5.15. The van der Waals surface area contributed by atoms with Crippen molar-refractivity contribution in [3.05, 3.63) is 98.5 Å². The SMILES string of the molecule is COc1ccc(-n2c(=O)c3c(CN(C)C)c(-c4ccc(N)nc4)sc3n(Cc3c(F)cccc3F)c2=O)cn1. The number of fused-ring (bicyclic) bond motifs is 1. The summed E-state index contributed by atoms with van der Waals surface area (Å²) >= 11 is 1.18. The zero-order chi connectivity index (χ0) is 27.8. The Morgan fingerprint density at radius 2 is 1.74 bits per heavy atom. The first-order chi connectivity index (χ1) is 18.7. The first kappa shape index (κ1) is 26.2. The van der Waals surface area contributed by atoms with E-state index in [0.717, 1.165) is 16.7 Å². The summed E-state index contributed by atoms with van der Waals surface area (Å²) in [5.74, 6) is -0.974. The van der Waals surface area contributed by atoms with Crippen LogP contribution < -0.4 is 21.7 Å². The molecule has 200 valence electrons. The maximum absolute atomic E-state index is 14.7. The van der Waals surface area contributed by atoms with Gasteiger partial charge in [0.15, 0.2) is 0 Å². The predicted molar refractivity (Wildman–Crippen MR) is 147 cm³/mol. The lowest BCUT2D eigenvalue weighted by Gasteiger charge is -2.15. The van der Waals surface area contributed by atoms with Crippen LogP contribution in [0.3, 0.4) is 0 Å². The highest BCUT2D eigenvalue weighted by atomic mass is 32.1. The van der Waals surface area contributed by atoms with E-state index in [1.807, 2.05) is 19.0 Å². The molecule has 0 aliphatic heterocycles. The third kappa shape index (κ3) is 4.79. The summed E-state index contributed by atoms with van der Waals surface area (Å²) in [5.41, 5.74) is 5.68. The number of pyridine rings is 2. The molecule has 0 atom stereocenters. The van der Waals surface area contributed by atoms with Gasteiger partial charge in [0, 0.05) is 34.8 Å². The maximum Gasteiger partial charge on any atom is 0.337 e. The lowest BCUT2D eigenvalue weighted by Crippen LogP contribution is -2.39. The van der Waals surface area contributed by atoms with Crippen LogP contribution in [0.2, 0.25) is 0 Å². The molecule has 39 heavy (non-hydrogen) atoms. The molecule has 9 nitrogen and oxygen atoms in total. The van der Waals surface area contributed by atoms with E-state index in [0.29, 0.717) is 34.2 Å². The summed E-state index contributed by atoms with van der Waals surface area (Å²) in [6.07, 6.45) is 2.92. The van der Waals surface area contributed by atoms with Crippen molar-refractivity contribution in [1.29, 1.82) is 0 Å². The van der Waals surface area contributed by atoms with Crippen LogP contribution in [0.25, 0.3) is 26.3 Å². The van der Waals surface area contributed by atoms with Crippen molar-refractivity contribution in [3.63, 3.8) is 0 Å². The average molecular weight is 551 g/mol. The van der Waals surface area contributed by atoms with Crippen LogP contribution in [0.15, 0.2) is 64.4 Å². The molecule has 0 radical (unpaired) electrons. The van der Waals surface area contributed by atoms with Gasteiger partial charge in [0.05, 0.1) is 30.9 Å². The fourth-order valence-corrected chi connectivity index (χ4v) is 5.63. The molecule has 0 amide bonds. The number of ether oxygens (including phenoxy) is 1. The number of nitrogens with zero attached hydrogens (tertiary/aromatic N) is 5. The van der Waals surface area contributed by atoms with E-state index >= 15 is 0 Å². The van der Waals surface area contributed by atoms with Gasteiger partial charge in [-0.1, -0.05) is 6.07 Å². The molecule has 1 aromatic carbocycles. The van der Waals surface area contributed by atoms with Crippen LogP contribution in [-0.4, -0.2) is 45.2 Å². The van der Waals surface area contributed by atoms with Gasteiger partial charge in [-0.2, -0.15) is 0 Å². The number of halogens is 2. The van der Waals surface area contributed by atoms with Crippen molar-refractivity contribution in [1.82, 2.24) is 24.0 Å². The van der Waals surface area contributed by atoms with E-state index < -0.39 is 29.4 Å². The van der Waals surface area contributed by atoms with Crippen molar-refractivity contribution in [2.75, 3.05) is 26.9 Å². The topological polar surface area (TPSA) is 108 Å². The molecule has 0 aliphatic carbocycles. The standard InChI is InChI=1S/C27H24F2N6O3S/c1-33(2)13-18-23-25(36)35(16-8-10-22(38-3)32-12-16)27(37)34(14-17-19(28)5-4-6-20(17)29)26(23)39-24(18)15-7-9-21(30)31-11-15/h4-12H,13-14H2,1-3H3,(H2,30,31). The minimum atomic E-state index is -0.799. The van der Waals surface area contributed by atoms with Crippen molar-refractivity contribution in [2.24, 2.45) is 0 Å². The second kappa shape index (κ2) is 10.4.